The monoisotopic (exact) mass is 287 g/mol. The third kappa shape index (κ3) is 3.11. The third-order valence-corrected chi connectivity index (χ3v) is 3.66. The second-order valence-electron chi connectivity index (χ2n) is 5.23. The molecule has 1 aromatic heterocycles. The highest BCUT2D eigenvalue weighted by molar-refractivity contribution is 5.78. The highest BCUT2D eigenvalue weighted by atomic mass is 16.5. The number of para-hydroxylation sites is 1. The SMILES string of the molecule is O=C(Cn1cnc2ccccc2c1=O)NCC1CCOC1. The first kappa shape index (κ1) is 13.8. The summed E-state index contributed by atoms with van der Waals surface area (Å²) in [5.41, 5.74) is 0.446. The molecule has 1 N–H and O–H groups in total. The molecule has 2 heterocycles. The van der Waals surface area contributed by atoms with Gasteiger partial charge in [-0.3, -0.25) is 14.2 Å². The van der Waals surface area contributed by atoms with Gasteiger partial charge in [-0.25, -0.2) is 4.98 Å². The average molecular weight is 287 g/mol. The minimum atomic E-state index is -0.194. The summed E-state index contributed by atoms with van der Waals surface area (Å²) >= 11 is 0. The molecule has 0 aliphatic carbocycles. The van der Waals surface area contributed by atoms with E-state index in [-0.39, 0.29) is 18.0 Å². The van der Waals surface area contributed by atoms with Gasteiger partial charge in [-0.05, 0) is 18.6 Å². The van der Waals surface area contributed by atoms with Gasteiger partial charge in [-0.1, -0.05) is 12.1 Å². The molecule has 1 atom stereocenters. The predicted molar refractivity (Wildman–Crippen MR) is 77.9 cm³/mol. The lowest BCUT2D eigenvalue weighted by molar-refractivity contribution is -0.121. The summed E-state index contributed by atoms with van der Waals surface area (Å²) in [7, 11) is 0. The number of hydrogen-bond acceptors (Lipinski definition) is 4. The van der Waals surface area contributed by atoms with E-state index in [4.69, 9.17) is 4.74 Å². The normalized spacial score (nSPS) is 18.0. The number of benzene rings is 1. The molecule has 1 fully saturated rings. The van der Waals surface area contributed by atoms with Crippen molar-refractivity contribution >= 4 is 16.8 Å². The maximum absolute atomic E-state index is 12.2. The van der Waals surface area contributed by atoms with E-state index in [1.807, 2.05) is 6.07 Å². The van der Waals surface area contributed by atoms with E-state index >= 15 is 0 Å². The molecule has 0 saturated carbocycles. The fourth-order valence-corrected chi connectivity index (χ4v) is 2.43. The van der Waals surface area contributed by atoms with E-state index in [1.165, 1.54) is 10.9 Å². The smallest absolute Gasteiger partial charge is 0.261 e. The van der Waals surface area contributed by atoms with Crippen LogP contribution in [0, 0.1) is 5.92 Å². The molecule has 1 amide bonds. The maximum atomic E-state index is 12.2. The summed E-state index contributed by atoms with van der Waals surface area (Å²) in [4.78, 5) is 28.4. The van der Waals surface area contributed by atoms with Gasteiger partial charge in [0.1, 0.15) is 6.54 Å². The Balaban J connectivity index is 1.68. The molecular formula is C15H17N3O3. The summed E-state index contributed by atoms with van der Waals surface area (Å²) in [5.74, 6) is 0.196. The molecule has 0 spiro atoms. The lowest BCUT2D eigenvalue weighted by Crippen LogP contribution is -2.35. The van der Waals surface area contributed by atoms with Gasteiger partial charge < -0.3 is 10.1 Å². The summed E-state index contributed by atoms with van der Waals surface area (Å²) in [6.45, 7) is 2.03. The zero-order chi connectivity index (χ0) is 14.7. The van der Waals surface area contributed by atoms with Crippen molar-refractivity contribution in [2.45, 2.75) is 13.0 Å². The fraction of sp³-hybridized carbons (Fsp3) is 0.400. The standard InChI is InChI=1S/C15H17N3O3/c19-14(16-7-11-5-6-21-9-11)8-18-10-17-13-4-2-1-3-12(13)15(18)20/h1-4,10-11H,5-9H2,(H,16,19). The van der Waals surface area contributed by atoms with Crippen LogP contribution in [0.4, 0.5) is 0 Å². The molecule has 1 unspecified atom stereocenters. The third-order valence-electron chi connectivity index (χ3n) is 3.66. The Morgan fingerprint density at radius 3 is 3.10 bits per heavy atom. The van der Waals surface area contributed by atoms with Crippen molar-refractivity contribution in [3.63, 3.8) is 0 Å². The number of carbonyl (C=O) groups excluding carboxylic acids is 1. The van der Waals surface area contributed by atoms with Crippen molar-refractivity contribution in [2.24, 2.45) is 5.92 Å². The van der Waals surface area contributed by atoms with Crippen LogP contribution in [0.5, 0.6) is 0 Å². The Hall–Kier alpha value is -2.21. The number of nitrogens with zero attached hydrogens (tertiary/aromatic N) is 2. The topological polar surface area (TPSA) is 73.2 Å². The van der Waals surface area contributed by atoms with E-state index in [9.17, 15) is 9.59 Å². The van der Waals surface area contributed by atoms with Crippen LogP contribution in [0.2, 0.25) is 0 Å². The van der Waals surface area contributed by atoms with Crippen LogP contribution in [-0.4, -0.2) is 35.2 Å². The molecule has 1 saturated heterocycles. The fourth-order valence-electron chi connectivity index (χ4n) is 2.43. The molecule has 1 aromatic carbocycles. The van der Waals surface area contributed by atoms with Crippen LogP contribution in [0.15, 0.2) is 35.4 Å². The molecule has 1 aliphatic heterocycles. The molecule has 2 aromatic rings. The van der Waals surface area contributed by atoms with Crippen LogP contribution >= 0.6 is 0 Å². The predicted octanol–water partition coefficient (Wildman–Crippen LogP) is 0.549. The van der Waals surface area contributed by atoms with Gasteiger partial charge in [0.2, 0.25) is 5.91 Å². The zero-order valence-corrected chi connectivity index (χ0v) is 11.6. The van der Waals surface area contributed by atoms with Crippen LogP contribution in [0.1, 0.15) is 6.42 Å². The van der Waals surface area contributed by atoms with Crippen molar-refractivity contribution in [2.75, 3.05) is 19.8 Å². The summed E-state index contributed by atoms with van der Waals surface area (Å²) < 4.78 is 6.59. The van der Waals surface area contributed by atoms with Gasteiger partial charge >= 0.3 is 0 Å². The average Bonchev–Trinajstić information content (AvgIpc) is 3.02. The van der Waals surface area contributed by atoms with Crippen molar-refractivity contribution in [3.8, 4) is 0 Å². The number of ether oxygens (including phenoxy) is 1. The quantitative estimate of drug-likeness (QED) is 0.891. The van der Waals surface area contributed by atoms with Crippen LogP contribution in [-0.2, 0) is 16.1 Å². The number of nitrogens with one attached hydrogen (secondary N) is 1. The molecule has 21 heavy (non-hydrogen) atoms. The molecule has 0 radical (unpaired) electrons. The van der Waals surface area contributed by atoms with Crippen LogP contribution < -0.4 is 10.9 Å². The van der Waals surface area contributed by atoms with E-state index in [0.717, 1.165) is 13.0 Å². The number of hydrogen-bond donors (Lipinski definition) is 1. The number of fused-ring (bicyclic) bond motifs is 1. The van der Waals surface area contributed by atoms with Crippen molar-refractivity contribution in [1.82, 2.24) is 14.9 Å². The van der Waals surface area contributed by atoms with Crippen molar-refractivity contribution < 1.29 is 9.53 Å². The second kappa shape index (κ2) is 6.05. The Morgan fingerprint density at radius 1 is 1.43 bits per heavy atom. The van der Waals surface area contributed by atoms with Gasteiger partial charge in [0.15, 0.2) is 0 Å². The van der Waals surface area contributed by atoms with Gasteiger partial charge in [-0.15, -0.1) is 0 Å². The lowest BCUT2D eigenvalue weighted by Gasteiger charge is -2.10. The summed E-state index contributed by atoms with van der Waals surface area (Å²) in [5, 5.41) is 3.37. The maximum Gasteiger partial charge on any atom is 0.261 e. The second-order valence-corrected chi connectivity index (χ2v) is 5.23. The van der Waals surface area contributed by atoms with E-state index in [0.29, 0.717) is 30.0 Å². The van der Waals surface area contributed by atoms with Crippen LogP contribution in [0.25, 0.3) is 10.9 Å². The first-order chi connectivity index (χ1) is 10.2. The Morgan fingerprint density at radius 2 is 2.29 bits per heavy atom. The Kier molecular flexibility index (Phi) is 3.96. The van der Waals surface area contributed by atoms with E-state index in [1.54, 1.807) is 18.2 Å². The number of rotatable bonds is 4. The van der Waals surface area contributed by atoms with Gasteiger partial charge in [0.05, 0.1) is 23.8 Å². The molecule has 6 heteroatoms. The number of carbonyl (C=O) groups is 1. The van der Waals surface area contributed by atoms with Gasteiger partial charge in [0, 0.05) is 19.1 Å². The molecule has 110 valence electrons. The number of amides is 1. The van der Waals surface area contributed by atoms with E-state index < -0.39 is 0 Å². The molecule has 6 nitrogen and oxygen atoms in total. The number of aromatic nitrogens is 2. The van der Waals surface area contributed by atoms with Gasteiger partial charge in [0.25, 0.3) is 5.56 Å². The van der Waals surface area contributed by atoms with Crippen LogP contribution in [0.3, 0.4) is 0 Å². The zero-order valence-electron chi connectivity index (χ0n) is 11.6. The summed E-state index contributed by atoms with van der Waals surface area (Å²) in [6.07, 6.45) is 2.39. The van der Waals surface area contributed by atoms with Crippen molar-refractivity contribution in [3.05, 3.63) is 40.9 Å². The van der Waals surface area contributed by atoms with Crippen molar-refractivity contribution in [1.29, 1.82) is 0 Å². The van der Waals surface area contributed by atoms with E-state index in [2.05, 4.69) is 10.3 Å². The minimum Gasteiger partial charge on any atom is -0.381 e. The lowest BCUT2D eigenvalue weighted by atomic mass is 10.1. The molecule has 1 aliphatic rings. The first-order valence-corrected chi connectivity index (χ1v) is 7.02. The minimum absolute atomic E-state index is 0.00968. The molecule has 0 bridgehead atoms. The molecular weight excluding hydrogens is 270 g/mol. The highest BCUT2D eigenvalue weighted by Crippen LogP contribution is 2.10. The highest BCUT2D eigenvalue weighted by Gasteiger charge is 2.16. The van der Waals surface area contributed by atoms with Gasteiger partial charge in [-0.2, -0.15) is 0 Å². The Labute approximate surface area is 121 Å². The first-order valence-electron chi connectivity index (χ1n) is 7.02. The molecule has 3 rings (SSSR count). The largest absolute Gasteiger partial charge is 0.381 e. The Bertz CT molecular complexity index is 705. The summed E-state index contributed by atoms with van der Waals surface area (Å²) in [6, 6.07) is 7.11.